The quantitative estimate of drug-likeness (QED) is 0.759. The zero-order valence-electron chi connectivity index (χ0n) is 14.1. The fourth-order valence-electron chi connectivity index (χ4n) is 2.22. The minimum absolute atomic E-state index is 0.184. The van der Waals surface area contributed by atoms with Crippen LogP contribution in [0.3, 0.4) is 0 Å². The highest BCUT2D eigenvalue weighted by atomic mass is 32.2. The van der Waals surface area contributed by atoms with E-state index in [1.54, 1.807) is 5.32 Å². The van der Waals surface area contributed by atoms with Crippen LogP contribution in [0.1, 0.15) is 13.8 Å². The summed E-state index contributed by atoms with van der Waals surface area (Å²) >= 11 is 0. The minimum atomic E-state index is -4.59. The Labute approximate surface area is 148 Å². The molecule has 1 amide bonds. The summed E-state index contributed by atoms with van der Waals surface area (Å²) in [4.78, 5) is 11.8. The van der Waals surface area contributed by atoms with Gasteiger partial charge >= 0.3 is 6.18 Å². The van der Waals surface area contributed by atoms with Gasteiger partial charge in [-0.05, 0) is 18.1 Å². The molecule has 146 valence electrons. The van der Waals surface area contributed by atoms with Gasteiger partial charge in [0.15, 0.2) is 11.5 Å². The maximum Gasteiger partial charge on any atom is 0.405 e. The van der Waals surface area contributed by atoms with Crippen molar-refractivity contribution in [2.45, 2.75) is 31.0 Å². The molecule has 0 saturated heterocycles. The second-order valence-electron chi connectivity index (χ2n) is 5.98. The van der Waals surface area contributed by atoms with Crippen LogP contribution in [0.25, 0.3) is 0 Å². The van der Waals surface area contributed by atoms with Crippen LogP contribution < -0.4 is 19.5 Å². The molecule has 0 saturated carbocycles. The van der Waals surface area contributed by atoms with Crippen molar-refractivity contribution in [3.63, 3.8) is 0 Å². The van der Waals surface area contributed by atoms with Gasteiger partial charge < -0.3 is 14.8 Å². The zero-order chi connectivity index (χ0) is 19.5. The predicted octanol–water partition coefficient (Wildman–Crippen LogP) is 1.44. The Balaban J connectivity index is 2.17. The first-order valence-corrected chi connectivity index (χ1v) is 9.24. The van der Waals surface area contributed by atoms with Gasteiger partial charge in [-0.25, -0.2) is 8.42 Å². The molecule has 7 nitrogen and oxygen atoms in total. The highest BCUT2D eigenvalue weighted by molar-refractivity contribution is 7.89. The maximum absolute atomic E-state index is 12.5. The number of ether oxygens (including phenoxy) is 2. The minimum Gasteiger partial charge on any atom is -0.486 e. The molecule has 1 unspecified atom stereocenters. The molecule has 1 aliphatic rings. The molecule has 0 aromatic heterocycles. The van der Waals surface area contributed by atoms with Gasteiger partial charge in [0.25, 0.3) is 0 Å². The van der Waals surface area contributed by atoms with E-state index in [0.29, 0.717) is 12.4 Å². The first kappa shape index (κ1) is 20.3. The predicted molar refractivity (Wildman–Crippen MR) is 85.4 cm³/mol. The van der Waals surface area contributed by atoms with Gasteiger partial charge in [0, 0.05) is 6.07 Å². The molecule has 11 heteroatoms. The third-order valence-corrected chi connectivity index (χ3v) is 4.96. The largest absolute Gasteiger partial charge is 0.486 e. The number of rotatable bonds is 6. The van der Waals surface area contributed by atoms with Crippen LogP contribution in [-0.4, -0.2) is 46.3 Å². The summed E-state index contributed by atoms with van der Waals surface area (Å²) in [6.07, 6.45) is -4.59. The van der Waals surface area contributed by atoms with Crippen molar-refractivity contribution < 1.29 is 35.9 Å². The van der Waals surface area contributed by atoms with Crippen LogP contribution in [0.2, 0.25) is 0 Å². The first-order valence-electron chi connectivity index (χ1n) is 7.76. The molecule has 0 fully saturated rings. The molecular weight excluding hydrogens is 377 g/mol. The fourth-order valence-corrected chi connectivity index (χ4v) is 3.57. The van der Waals surface area contributed by atoms with Crippen LogP contribution >= 0.6 is 0 Å². The fraction of sp³-hybridized carbons (Fsp3) is 0.533. The number of amides is 1. The molecule has 2 N–H and O–H groups in total. The third-order valence-electron chi connectivity index (χ3n) is 3.52. The van der Waals surface area contributed by atoms with Crippen molar-refractivity contribution in [2.75, 3.05) is 19.8 Å². The topological polar surface area (TPSA) is 93.7 Å². The van der Waals surface area contributed by atoms with E-state index >= 15 is 0 Å². The number of alkyl halides is 3. The molecule has 0 aliphatic carbocycles. The molecule has 1 aromatic rings. The Morgan fingerprint density at radius 2 is 1.81 bits per heavy atom. The van der Waals surface area contributed by atoms with E-state index in [1.165, 1.54) is 32.0 Å². The number of fused-ring (bicyclic) bond motifs is 1. The molecule has 0 spiro atoms. The molecule has 1 atom stereocenters. The number of halogens is 3. The number of nitrogens with one attached hydrogen (secondary N) is 2. The average molecular weight is 396 g/mol. The van der Waals surface area contributed by atoms with Gasteiger partial charge in [-0.2, -0.15) is 17.9 Å². The molecule has 1 aromatic carbocycles. The summed E-state index contributed by atoms with van der Waals surface area (Å²) in [6.45, 7) is 2.10. The normalized spacial score (nSPS) is 15.6. The van der Waals surface area contributed by atoms with E-state index in [4.69, 9.17) is 9.47 Å². The lowest BCUT2D eigenvalue weighted by molar-refractivity contribution is -0.139. The van der Waals surface area contributed by atoms with E-state index in [0.717, 1.165) is 0 Å². The number of sulfonamides is 1. The summed E-state index contributed by atoms with van der Waals surface area (Å²) in [6, 6.07) is 2.55. The molecular formula is C15H19F3N2O5S. The van der Waals surface area contributed by atoms with Crippen molar-refractivity contribution in [1.29, 1.82) is 0 Å². The lowest BCUT2D eigenvalue weighted by atomic mass is 10.1. The van der Waals surface area contributed by atoms with Gasteiger partial charge in [0.1, 0.15) is 25.8 Å². The highest BCUT2D eigenvalue weighted by Gasteiger charge is 2.33. The monoisotopic (exact) mass is 396 g/mol. The van der Waals surface area contributed by atoms with Gasteiger partial charge in [0.05, 0.1) is 4.90 Å². The Hall–Kier alpha value is -2.01. The standard InChI is InChI=1S/C15H19F3N2O5S/c1-9(2)13(14(21)19-8-15(16,17)18)20-26(22,23)10-3-4-11-12(7-10)25-6-5-24-11/h3-4,7,9,13,20H,5-6,8H2,1-2H3,(H,19,21). The average Bonchev–Trinajstić information content (AvgIpc) is 2.56. The van der Waals surface area contributed by atoms with Crippen LogP contribution in [0.5, 0.6) is 11.5 Å². The summed E-state index contributed by atoms with van der Waals surface area (Å²) in [7, 11) is -4.16. The Morgan fingerprint density at radius 1 is 1.19 bits per heavy atom. The van der Waals surface area contributed by atoms with E-state index in [1.807, 2.05) is 0 Å². The Kier molecular flexibility index (Phi) is 6.02. The number of hydrogen-bond acceptors (Lipinski definition) is 5. The van der Waals surface area contributed by atoms with Crippen LogP contribution in [0.15, 0.2) is 23.1 Å². The van der Waals surface area contributed by atoms with Gasteiger partial charge in [-0.1, -0.05) is 13.8 Å². The van der Waals surface area contributed by atoms with Gasteiger partial charge in [-0.3, -0.25) is 4.79 Å². The molecule has 1 aliphatic heterocycles. The maximum atomic E-state index is 12.5. The zero-order valence-corrected chi connectivity index (χ0v) is 14.9. The molecule has 2 rings (SSSR count). The smallest absolute Gasteiger partial charge is 0.405 e. The van der Waals surface area contributed by atoms with E-state index in [9.17, 15) is 26.4 Å². The molecule has 1 heterocycles. The summed E-state index contributed by atoms with van der Waals surface area (Å²) in [5.41, 5.74) is 0. The van der Waals surface area contributed by atoms with Crippen molar-refractivity contribution in [1.82, 2.24) is 10.0 Å². The summed E-state index contributed by atoms with van der Waals surface area (Å²) in [5, 5.41) is 1.69. The van der Waals surface area contributed by atoms with Crippen LogP contribution in [0, 0.1) is 5.92 Å². The molecule has 0 radical (unpaired) electrons. The molecule has 26 heavy (non-hydrogen) atoms. The second kappa shape index (κ2) is 7.70. The SMILES string of the molecule is CC(C)C(NS(=O)(=O)c1ccc2c(c1)OCCO2)C(=O)NCC(F)(F)F. The van der Waals surface area contributed by atoms with Gasteiger partial charge in [-0.15, -0.1) is 0 Å². The van der Waals surface area contributed by atoms with Crippen molar-refractivity contribution in [3.8, 4) is 11.5 Å². The van der Waals surface area contributed by atoms with Crippen LogP contribution in [0.4, 0.5) is 13.2 Å². The van der Waals surface area contributed by atoms with Crippen molar-refractivity contribution >= 4 is 15.9 Å². The number of carbonyl (C=O) groups is 1. The third kappa shape index (κ3) is 5.24. The Morgan fingerprint density at radius 3 is 2.38 bits per heavy atom. The van der Waals surface area contributed by atoms with Crippen LogP contribution in [-0.2, 0) is 14.8 Å². The number of hydrogen-bond donors (Lipinski definition) is 2. The van der Waals surface area contributed by atoms with E-state index in [-0.39, 0.29) is 17.3 Å². The summed E-state index contributed by atoms with van der Waals surface area (Å²) in [5.74, 6) is -1.01. The lowest BCUT2D eigenvalue weighted by Gasteiger charge is -2.23. The summed E-state index contributed by atoms with van der Waals surface area (Å²) < 4.78 is 74.6. The number of benzene rings is 1. The Bertz CT molecular complexity index is 765. The number of carbonyl (C=O) groups excluding carboxylic acids is 1. The second-order valence-corrected chi connectivity index (χ2v) is 7.70. The van der Waals surface area contributed by atoms with E-state index in [2.05, 4.69) is 4.72 Å². The van der Waals surface area contributed by atoms with Crippen molar-refractivity contribution in [3.05, 3.63) is 18.2 Å². The first-order chi connectivity index (χ1) is 12.0. The lowest BCUT2D eigenvalue weighted by Crippen LogP contribution is -2.51. The van der Waals surface area contributed by atoms with Gasteiger partial charge in [0.2, 0.25) is 15.9 Å². The highest BCUT2D eigenvalue weighted by Crippen LogP contribution is 2.32. The molecule has 0 bridgehead atoms. The van der Waals surface area contributed by atoms with E-state index < -0.39 is 40.6 Å². The van der Waals surface area contributed by atoms with Crippen molar-refractivity contribution in [2.24, 2.45) is 5.92 Å².